The number of carbonyl (C=O) groups is 2. The molecule has 0 bridgehead atoms. The van der Waals surface area contributed by atoms with Gasteiger partial charge in [0.25, 0.3) is 5.91 Å². The summed E-state index contributed by atoms with van der Waals surface area (Å²) in [6.45, 7) is 3.14. The van der Waals surface area contributed by atoms with Gasteiger partial charge in [-0.1, -0.05) is 11.6 Å². The molecular formula is C12H12ClFN2O2. The Hall–Kier alpha value is -1.62. The number of carbonyl (C=O) groups excluding carboxylic acids is 2. The van der Waals surface area contributed by atoms with E-state index in [1.807, 2.05) is 0 Å². The van der Waals surface area contributed by atoms with Gasteiger partial charge in [-0.3, -0.25) is 9.59 Å². The molecule has 0 aromatic heterocycles. The van der Waals surface area contributed by atoms with E-state index < -0.39 is 11.4 Å². The largest absolute Gasteiger partial charge is 0.341 e. The average Bonchev–Trinajstić information content (AvgIpc) is 2.27. The van der Waals surface area contributed by atoms with Crippen LogP contribution in [0, 0.1) is 5.82 Å². The molecule has 2 amide bonds. The fourth-order valence-electron chi connectivity index (χ4n) is 1.86. The highest BCUT2D eigenvalue weighted by Crippen LogP contribution is 2.26. The lowest BCUT2D eigenvalue weighted by Crippen LogP contribution is -2.64. The van der Waals surface area contributed by atoms with Crippen molar-refractivity contribution in [3.05, 3.63) is 29.0 Å². The molecule has 1 aromatic carbocycles. The minimum atomic E-state index is -0.976. The van der Waals surface area contributed by atoms with E-state index in [0.29, 0.717) is 5.69 Å². The topological polar surface area (TPSA) is 49.4 Å². The molecule has 2 rings (SSSR count). The van der Waals surface area contributed by atoms with Crippen molar-refractivity contribution >= 4 is 29.1 Å². The molecular weight excluding hydrogens is 259 g/mol. The van der Waals surface area contributed by atoms with Crippen molar-refractivity contribution in [1.29, 1.82) is 0 Å². The zero-order valence-electron chi connectivity index (χ0n) is 9.96. The van der Waals surface area contributed by atoms with Crippen LogP contribution >= 0.6 is 11.6 Å². The highest BCUT2D eigenvalue weighted by Gasteiger charge is 2.39. The molecule has 0 saturated carbocycles. The molecule has 1 fully saturated rings. The van der Waals surface area contributed by atoms with E-state index in [1.54, 1.807) is 13.8 Å². The number of nitrogens with one attached hydrogen (secondary N) is 1. The third kappa shape index (κ3) is 2.18. The lowest BCUT2D eigenvalue weighted by atomic mass is 10.00. The zero-order chi connectivity index (χ0) is 13.5. The number of hydrogen-bond donors (Lipinski definition) is 1. The van der Waals surface area contributed by atoms with Crippen LogP contribution in [0.1, 0.15) is 13.8 Å². The van der Waals surface area contributed by atoms with Crippen LogP contribution in [0.5, 0.6) is 0 Å². The van der Waals surface area contributed by atoms with E-state index >= 15 is 0 Å². The van der Waals surface area contributed by atoms with E-state index in [-0.39, 0.29) is 23.4 Å². The van der Waals surface area contributed by atoms with Gasteiger partial charge in [0.05, 0.1) is 5.02 Å². The molecule has 4 nitrogen and oxygen atoms in total. The van der Waals surface area contributed by atoms with Gasteiger partial charge in [-0.15, -0.1) is 0 Å². The van der Waals surface area contributed by atoms with Gasteiger partial charge in [-0.05, 0) is 32.0 Å². The molecule has 1 saturated heterocycles. The van der Waals surface area contributed by atoms with Crippen LogP contribution in [0.4, 0.5) is 10.1 Å². The van der Waals surface area contributed by atoms with Crippen molar-refractivity contribution in [2.24, 2.45) is 0 Å². The summed E-state index contributed by atoms with van der Waals surface area (Å²) in [5, 5.41) is 2.51. The minimum Gasteiger partial charge on any atom is -0.341 e. The second-order valence-electron chi connectivity index (χ2n) is 4.66. The summed E-state index contributed by atoms with van der Waals surface area (Å²) in [6, 6.07) is 3.93. The summed E-state index contributed by atoms with van der Waals surface area (Å²) in [4.78, 5) is 25.0. The first-order valence-electron chi connectivity index (χ1n) is 5.39. The van der Waals surface area contributed by atoms with Crippen molar-refractivity contribution in [1.82, 2.24) is 5.32 Å². The van der Waals surface area contributed by atoms with Crippen molar-refractivity contribution in [2.75, 3.05) is 11.4 Å². The summed E-state index contributed by atoms with van der Waals surface area (Å²) in [7, 11) is 0. The van der Waals surface area contributed by atoms with E-state index in [2.05, 4.69) is 5.32 Å². The quantitative estimate of drug-likeness (QED) is 0.845. The maximum atomic E-state index is 13.1. The third-order valence-corrected chi connectivity index (χ3v) is 3.04. The molecule has 0 unspecified atom stereocenters. The fourth-order valence-corrected chi connectivity index (χ4v) is 2.03. The molecule has 18 heavy (non-hydrogen) atoms. The predicted molar refractivity (Wildman–Crippen MR) is 66.0 cm³/mol. The Bertz CT molecular complexity index is 531. The molecule has 1 N–H and O–H groups in total. The Morgan fingerprint density at radius 2 is 2.06 bits per heavy atom. The van der Waals surface area contributed by atoms with Gasteiger partial charge in [-0.25, -0.2) is 4.39 Å². The van der Waals surface area contributed by atoms with Crippen LogP contribution in [0.3, 0.4) is 0 Å². The molecule has 0 atom stereocenters. The highest BCUT2D eigenvalue weighted by molar-refractivity contribution is 6.31. The van der Waals surface area contributed by atoms with Crippen LogP contribution in [0.2, 0.25) is 5.02 Å². The smallest absolute Gasteiger partial charge is 0.252 e. The van der Waals surface area contributed by atoms with Crippen LogP contribution in [-0.4, -0.2) is 23.9 Å². The van der Waals surface area contributed by atoms with E-state index in [0.717, 1.165) is 0 Å². The van der Waals surface area contributed by atoms with Gasteiger partial charge in [0.2, 0.25) is 5.91 Å². The SMILES string of the molecule is CC1(C)NC(=O)CN(c2ccc(F)c(Cl)c2)C1=O. The molecule has 0 radical (unpaired) electrons. The van der Waals surface area contributed by atoms with Gasteiger partial charge >= 0.3 is 0 Å². The van der Waals surface area contributed by atoms with Crippen molar-refractivity contribution < 1.29 is 14.0 Å². The normalized spacial score (nSPS) is 18.8. The Kier molecular flexibility index (Phi) is 3.02. The van der Waals surface area contributed by atoms with Crippen molar-refractivity contribution in [2.45, 2.75) is 19.4 Å². The van der Waals surface area contributed by atoms with Gasteiger partial charge < -0.3 is 10.2 Å². The summed E-state index contributed by atoms with van der Waals surface area (Å²) in [5.74, 6) is -1.08. The lowest BCUT2D eigenvalue weighted by Gasteiger charge is -2.37. The zero-order valence-corrected chi connectivity index (χ0v) is 10.7. The van der Waals surface area contributed by atoms with E-state index in [4.69, 9.17) is 11.6 Å². The molecule has 1 aliphatic heterocycles. The average molecular weight is 271 g/mol. The monoisotopic (exact) mass is 270 g/mol. The molecule has 6 heteroatoms. The minimum absolute atomic E-state index is 0.0795. The lowest BCUT2D eigenvalue weighted by molar-refractivity contribution is -0.134. The molecule has 1 heterocycles. The number of anilines is 1. The summed E-state index contributed by atoms with van der Waals surface area (Å²) < 4.78 is 13.1. The Labute approximate surface area is 109 Å². The summed E-state index contributed by atoms with van der Waals surface area (Å²) in [6.07, 6.45) is 0. The van der Waals surface area contributed by atoms with E-state index in [1.165, 1.54) is 23.1 Å². The van der Waals surface area contributed by atoms with Crippen LogP contribution in [-0.2, 0) is 9.59 Å². The molecule has 1 aliphatic rings. The predicted octanol–water partition coefficient (Wildman–Crippen LogP) is 1.72. The first kappa shape index (κ1) is 12.8. The van der Waals surface area contributed by atoms with Gasteiger partial charge in [0.15, 0.2) is 0 Å². The number of nitrogens with zero attached hydrogens (tertiary/aromatic N) is 1. The Morgan fingerprint density at radius 1 is 1.39 bits per heavy atom. The standard InChI is InChI=1S/C12H12ClFN2O2/c1-12(2)11(18)16(6-10(17)15-12)7-3-4-9(14)8(13)5-7/h3-5H,6H2,1-2H3,(H,15,17). The number of piperazine rings is 1. The van der Waals surface area contributed by atoms with Gasteiger partial charge in [-0.2, -0.15) is 0 Å². The van der Waals surface area contributed by atoms with Crippen molar-refractivity contribution in [3.8, 4) is 0 Å². The number of amides is 2. The molecule has 0 aliphatic carbocycles. The first-order chi connectivity index (χ1) is 8.31. The second kappa shape index (κ2) is 4.24. The molecule has 1 aromatic rings. The third-order valence-electron chi connectivity index (χ3n) is 2.75. The number of hydrogen-bond acceptors (Lipinski definition) is 2. The van der Waals surface area contributed by atoms with Gasteiger partial charge in [0.1, 0.15) is 17.9 Å². The summed E-state index contributed by atoms with van der Waals surface area (Å²) in [5.41, 5.74) is -0.565. The van der Waals surface area contributed by atoms with Crippen LogP contribution in [0.15, 0.2) is 18.2 Å². The Morgan fingerprint density at radius 3 is 2.67 bits per heavy atom. The highest BCUT2D eigenvalue weighted by atomic mass is 35.5. The second-order valence-corrected chi connectivity index (χ2v) is 5.07. The fraction of sp³-hybridized carbons (Fsp3) is 0.333. The number of rotatable bonds is 1. The first-order valence-corrected chi connectivity index (χ1v) is 5.77. The van der Waals surface area contributed by atoms with Crippen molar-refractivity contribution in [3.63, 3.8) is 0 Å². The van der Waals surface area contributed by atoms with E-state index in [9.17, 15) is 14.0 Å². The molecule has 96 valence electrons. The van der Waals surface area contributed by atoms with Crippen LogP contribution in [0.25, 0.3) is 0 Å². The molecule has 0 spiro atoms. The maximum absolute atomic E-state index is 13.1. The Balaban J connectivity index is 2.39. The number of halogens is 2. The van der Waals surface area contributed by atoms with Gasteiger partial charge in [0, 0.05) is 5.69 Å². The van der Waals surface area contributed by atoms with Crippen LogP contribution < -0.4 is 10.2 Å². The maximum Gasteiger partial charge on any atom is 0.252 e. The summed E-state index contributed by atoms with van der Waals surface area (Å²) >= 11 is 5.67. The number of benzene rings is 1.